The Labute approximate surface area is 67.6 Å². The molecule has 0 aromatic carbocycles. The van der Waals surface area contributed by atoms with E-state index in [4.69, 9.17) is 19.1 Å². The van der Waals surface area contributed by atoms with Gasteiger partial charge in [0.1, 0.15) is 0 Å². The molecule has 1 aromatic heterocycles. The Balaban J connectivity index is 2.93. The fraction of sp³-hybridized carbons (Fsp3) is 0.286. The molecule has 10 heavy (non-hydrogen) atoms. The highest BCUT2D eigenvalue weighted by molar-refractivity contribution is 6.17. The normalized spacial score (nSPS) is 13.8. The molecule has 0 unspecified atom stereocenters. The van der Waals surface area contributed by atoms with E-state index in [1.54, 1.807) is 12.1 Å². The van der Waals surface area contributed by atoms with Gasteiger partial charge < -0.3 is 4.74 Å². The predicted molar refractivity (Wildman–Crippen MR) is 40.3 cm³/mol. The third kappa shape index (κ3) is 1.61. The van der Waals surface area contributed by atoms with E-state index in [9.17, 15) is 0 Å². The molecular weight excluding hydrogens is 150 g/mol. The van der Waals surface area contributed by atoms with Crippen molar-refractivity contribution in [1.29, 1.82) is 0 Å². The number of pyridine rings is 1. The molecule has 0 fully saturated rings. The van der Waals surface area contributed by atoms with Crippen LogP contribution in [0.3, 0.4) is 0 Å². The molecule has 1 rings (SSSR count). The Morgan fingerprint density at radius 3 is 3.00 bits per heavy atom. The van der Waals surface area contributed by atoms with Gasteiger partial charge in [0.25, 0.3) is 0 Å². The topological polar surface area (TPSA) is 22.1 Å². The van der Waals surface area contributed by atoms with Crippen molar-refractivity contribution >= 4 is 11.6 Å². The van der Waals surface area contributed by atoms with Crippen LogP contribution in [0.5, 0.6) is 5.88 Å². The summed E-state index contributed by atoms with van der Waals surface area (Å²) in [6, 6.07) is 3.11. The maximum absolute atomic E-state index is 7.15. The van der Waals surface area contributed by atoms with Gasteiger partial charge in [0.05, 0.1) is 7.11 Å². The van der Waals surface area contributed by atoms with E-state index in [1.165, 1.54) is 13.3 Å². The molecule has 0 bridgehead atoms. The standard InChI is InChI=1S/C7H8ClNO/c1-10-7-3-2-6(4-8)5-9-7/h2-3,5H,4H2,1H3/i4D2. The Kier molecular flexibility index (Phi) is 1.70. The molecule has 0 radical (unpaired) electrons. The number of alkyl halides is 1. The second-order valence-corrected chi connectivity index (χ2v) is 1.87. The first-order valence-electron chi connectivity index (χ1n) is 3.73. The lowest BCUT2D eigenvalue weighted by atomic mass is 10.3. The lowest BCUT2D eigenvalue weighted by Gasteiger charge is -1.97. The van der Waals surface area contributed by atoms with E-state index in [-0.39, 0.29) is 0 Å². The lowest BCUT2D eigenvalue weighted by molar-refractivity contribution is 0.397. The minimum atomic E-state index is -1.86. The summed E-state index contributed by atoms with van der Waals surface area (Å²) in [6.07, 6.45) is 1.35. The van der Waals surface area contributed by atoms with Crippen molar-refractivity contribution in [3.8, 4) is 5.88 Å². The zero-order valence-corrected chi connectivity index (χ0v) is 6.22. The highest BCUT2D eigenvalue weighted by atomic mass is 35.5. The van der Waals surface area contributed by atoms with Crippen LogP contribution in [-0.2, 0) is 5.83 Å². The monoisotopic (exact) mass is 159 g/mol. The second kappa shape index (κ2) is 3.42. The van der Waals surface area contributed by atoms with Gasteiger partial charge in [0, 0.05) is 20.8 Å². The Morgan fingerprint density at radius 1 is 1.80 bits per heavy atom. The summed E-state index contributed by atoms with van der Waals surface area (Å²) in [5.74, 6) is -1.42. The average molecular weight is 160 g/mol. The molecular formula is C7H8ClNO. The maximum atomic E-state index is 7.15. The average Bonchev–Trinajstić information content (AvgIpc) is 2.03. The third-order valence-corrected chi connectivity index (χ3v) is 1.27. The molecule has 54 valence electrons. The fourth-order valence-corrected chi connectivity index (χ4v) is 0.669. The summed E-state index contributed by atoms with van der Waals surface area (Å²) in [4.78, 5) is 3.82. The fourth-order valence-electron chi connectivity index (χ4n) is 0.557. The molecule has 1 aromatic rings. The first-order chi connectivity index (χ1) is 5.54. The minimum Gasteiger partial charge on any atom is -0.481 e. The number of nitrogens with zero attached hydrogens (tertiary/aromatic N) is 1. The Bertz CT molecular complexity index is 257. The summed E-state index contributed by atoms with van der Waals surface area (Å²) in [6.45, 7) is 0. The number of methoxy groups -OCH3 is 1. The summed E-state index contributed by atoms with van der Waals surface area (Å²) >= 11 is 5.41. The van der Waals surface area contributed by atoms with Gasteiger partial charge in [0.2, 0.25) is 5.88 Å². The van der Waals surface area contributed by atoms with Crippen LogP contribution in [0.2, 0.25) is 0 Å². The Morgan fingerprint density at radius 2 is 2.60 bits per heavy atom. The molecule has 0 saturated heterocycles. The van der Waals surface area contributed by atoms with Crippen molar-refractivity contribution in [3.63, 3.8) is 0 Å². The first-order valence-corrected chi connectivity index (χ1v) is 3.11. The predicted octanol–water partition coefficient (Wildman–Crippen LogP) is 1.83. The van der Waals surface area contributed by atoms with Crippen LogP contribution in [0.4, 0.5) is 0 Å². The smallest absolute Gasteiger partial charge is 0.212 e. The second-order valence-electron chi connectivity index (χ2n) is 1.68. The van der Waals surface area contributed by atoms with Gasteiger partial charge in [0.15, 0.2) is 0 Å². The molecule has 0 aliphatic heterocycles. The van der Waals surface area contributed by atoms with Gasteiger partial charge >= 0.3 is 0 Å². The van der Waals surface area contributed by atoms with E-state index < -0.39 is 5.83 Å². The van der Waals surface area contributed by atoms with Crippen LogP contribution >= 0.6 is 11.6 Å². The van der Waals surface area contributed by atoms with Crippen molar-refractivity contribution in [2.75, 3.05) is 7.11 Å². The molecule has 0 spiro atoms. The van der Waals surface area contributed by atoms with E-state index in [1.807, 2.05) is 0 Å². The van der Waals surface area contributed by atoms with Crippen molar-refractivity contribution in [3.05, 3.63) is 23.9 Å². The van der Waals surface area contributed by atoms with Gasteiger partial charge in [-0.25, -0.2) is 4.98 Å². The van der Waals surface area contributed by atoms with E-state index in [0.29, 0.717) is 11.4 Å². The largest absolute Gasteiger partial charge is 0.481 e. The van der Waals surface area contributed by atoms with Crippen LogP contribution in [0.25, 0.3) is 0 Å². The summed E-state index contributed by atoms with van der Waals surface area (Å²) in [5.41, 5.74) is 0.324. The van der Waals surface area contributed by atoms with Crippen LogP contribution in [-0.4, -0.2) is 12.1 Å². The van der Waals surface area contributed by atoms with Crippen LogP contribution in [0, 0.1) is 0 Å². The van der Waals surface area contributed by atoms with Crippen molar-refractivity contribution in [1.82, 2.24) is 4.98 Å². The molecule has 0 saturated carbocycles. The Hall–Kier alpha value is -0.760. The summed E-state index contributed by atoms with van der Waals surface area (Å²) < 4.78 is 19.1. The van der Waals surface area contributed by atoms with Crippen LogP contribution < -0.4 is 4.74 Å². The van der Waals surface area contributed by atoms with Crippen molar-refractivity contribution in [2.45, 2.75) is 5.83 Å². The highest BCUT2D eigenvalue weighted by Gasteiger charge is 1.91. The van der Waals surface area contributed by atoms with Crippen molar-refractivity contribution < 1.29 is 7.48 Å². The third-order valence-electron chi connectivity index (χ3n) is 1.05. The van der Waals surface area contributed by atoms with Crippen LogP contribution in [0.15, 0.2) is 18.3 Å². The van der Waals surface area contributed by atoms with E-state index in [2.05, 4.69) is 4.98 Å². The van der Waals surface area contributed by atoms with Crippen LogP contribution in [0.1, 0.15) is 8.30 Å². The molecule has 0 aliphatic rings. The number of hydrogen-bond acceptors (Lipinski definition) is 2. The SMILES string of the molecule is [2H]C([2H])(Cl)c1ccc(OC)nc1. The molecule has 0 N–H and O–H groups in total. The first kappa shape index (κ1) is 4.97. The maximum Gasteiger partial charge on any atom is 0.212 e. The van der Waals surface area contributed by atoms with Crippen molar-refractivity contribution in [2.24, 2.45) is 0 Å². The summed E-state index contributed by atoms with van der Waals surface area (Å²) in [5, 5.41) is 0. The number of rotatable bonds is 2. The molecule has 0 amide bonds. The molecule has 0 atom stereocenters. The van der Waals surface area contributed by atoms with E-state index >= 15 is 0 Å². The van der Waals surface area contributed by atoms with Gasteiger partial charge in [-0.3, -0.25) is 0 Å². The van der Waals surface area contributed by atoms with Gasteiger partial charge in [-0.2, -0.15) is 0 Å². The van der Waals surface area contributed by atoms with Gasteiger partial charge in [-0.05, 0) is 5.56 Å². The number of hydrogen-bond donors (Lipinski definition) is 0. The number of ether oxygens (including phenoxy) is 1. The zero-order chi connectivity index (χ0) is 9.19. The van der Waals surface area contributed by atoms with Gasteiger partial charge in [-0.1, -0.05) is 6.07 Å². The quantitative estimate of drug-likeness (QED) is 0.615. The summed E-state index contributed by atoms with van der Waals surface area (Å²) in [7, 11) is 1.50. The molecule has 0 aliphatic carbocycles. The number of aromatic nitrogens is 1. The van der Waals surface area contributed by atoms with E-state index in [0.717, 1.165) is 0 Å². The minimum absolute atomic E-state index is 0.324. The number of halogens is 1. The zero-order valence-electron chi connectivity index (χ0n) is 7.47. The highest BCUT2D eigenvalue weighted by Crippen LogP contribution is 2.07. The molecule has 2 nitrogen and oxygen atoms in total. The lowest BCUT2D eigenvalue weighted by Crippen LogP contribution is -1.87. The molecule has 3 heteroatoms. The molecule has 1 heterocycles. The van der Waals surface area contributed by atoms with Gasteiger partial charge in [-0.15, -0.1) is 11.6 Å².